The second-order valence-corrected chi connectivity index (χ2v) is 7.08. The largest absolute Gasteiger partial charge is 0.370 e. The zero-order valence-corrected chi connectivity index (χ0v) is 14.0. The number of nitrogens with one attached hydrogen (secondary N) is 1. The zero-order chi connectivity index (χ0) is 16.9. The quantitative estimate of drug-likeness (QED) is 0.838. The van der Waals surface area contributed by atoms with E-state index in [0.717, 1.165) is 32.5 Å². The van der Waals surface area contributed by atoms with E-state index in [2.05, 4.69) is 22.3 Å². The van der Waals surface area contributed by atoms with Gasteiger partial charge in [-0.1, -0.05) is 30.3 Å². The van der Waals surface area contributed by atoms with Gasteiger partial charge in [0, 0.05) is 25.0 Å². The zero-order valence-electron chi connectivity index (χ0n) is 14.0. The van der Waals surface area contributed by atoms with Gasteiger partial charge in [-0.3, -0.25) is 14.5 Å². The minimum absolute atomic E-state index is 0.0222. The fourth-order valence-electron chi connectivity index (χ4n) is 3.17. The van der Waals surface area contributed by atoms with E-state index >= 15 is 0 Å². The summed E-state index contributed by atoms with van der Waals surface area (Å²) in [7, 11) is 0. The van der Waals surface area contributed by atoms with E-state index in [1.807, 2.05) is 32.0 Å². The molecular formula is C18H27N3O2. The van der Waals surface area contributed by atoms with Crippen molar-refractivity contribution in [3.8, 4) is 0 Å². The first kappa shape index (κ1) is 17.5. The van der Waals surface area contributed by atoms with Gasteiger partial charge in [0.15, 0.2) is 0 Å². The highest BCUT2D eigenvalue weighted by atomic mass is 16.2. The number of hydrogen-bond acceptors (Lipinski definition) is 3. The van der Waals surface area contributed by atoms with Crippen molar-refractivity contribution < 1.29 is 9.59 Å². The van der Waals surface area contributed by atoms with E-state index in [0.29, 0.717) is 0 Å². The summed E-state index contributed by atoms with van der Waals surface area (Å²) in [5.41, 5.74) is 5.92. The van der Waals surface area contributed by atoms with Gasteiger partial charge in [-0.15, -0.1) is 0 Å². The molecule has 1 aliphatic heterocycles. The summed E-state index contributed by atoms with van der Waals surface area (Å²) in [5, 5.41) is 2.98. The molecule has 2 rings (SSSR count). The minimum Gasteiger partial charge on any atom is -0.370 e. The van der Waals surface area contributed by atoms with Crippen LogP contribution in [0.4, 0.5) is 0 Å². The highest BCUT2D eigenvalue weighted by Crippen LogP contribution is 2.20. The van der Waals surface area contributed by atoms with Gasteiger partial charge in [0.2, 0.25) is 11.8 Å². The first-order valence-electron chi connectivity index (χ1n) is 8.22. The molecule has 0 aromatic heterocycles. The van der Waals surface area contributed by atoms with E-state index < -0.39 is 11.4 Å². The molecule has 1 fully saturated rings. The number of benzene rings is 1. The molecule has 1 aliphatic rings. The summed E-state index contributed by atoms with van der Waals surface area (Å²) in [6, 6.07) is 10.3. The summed E-state index contributed by atoms with van der Waals surface area (Å²) in [6.07, 6.45) is 2.06. The molecule has 1 heterocycles. The van der Waals surface area contributed by atoms with Gasteiger partial charge >= 0.3 is 0 Å². The molecule has 3 N–H and O–H groups in total. The highest BCUT2D eigenvalue weighted by Gasteiger charge is 2.30. The third-order valence-corrected chi connectivity index (χ3v) is 4.20. The van der Waals surface area contributed by atoms with Crippen LogP contribution in [-0.2, 0) is 16.1 Å². The van der Waals surface area contributed by atoms with Crippen molar-refractivity contribution in [1.82, 2.24) is 10.2 Å². The average molecular weight is 317 g/mol. The van der Waals surface area contributed by atoms with Gasteiger partial charge in [0.25, 0.3) is 0 Å². The summed E-state index contributed by atoms with van der Waals surface area (Å²) in [5.74, 6) is -0.404. The van der Waals surface area contributed by atoms with Crippen molar-refractivity contribution in [1.29, 1.82) is 0 Å². The van der Waals surface area contributed by atoms with Crippen molar-refractivity contribution in [3.63, 3.8) is 0 Å². The number of nitrogens with zero attached hydrogens (tertiary/aromatic N) is 1. The van der Waals surface area contributed by atoms with Crippen LogP contribution in [0, 0.1) is 5.92 Å². The number of hydrogen-bond donors (Lipinski definition) is 2. The maximum atomic E-state index is 12.5. The molecule has 0 radical (unpaired) electrons. The van der Waals surface area contributed by atoms with Gasteiger partial charge in [0.1, 0.15) is 0 Å². The molecule has 1 atom stereocenters. The molecule has 5 heteroatoms. The summed E-state index contributed by atoms with van der Waals surface area (Å²) >= 11 is 0. The normalized spacial score (nSPS) is 19.3. The van der Waals surface area contributed by atoms with Crippen LogP contribution >= 0.6 is 0 Å². The van der Waals surface area contributed by atoms with Crippen LogP contribution in [0.1, 0.15) is 38.7 Å². The lowest BCUT2D eigenvalue weighted by Gasteiger charge is -2.34. The molecule has 2 amide bonds. The molecule has 1 unspecified atom stereocenters. The van der Waals surface area contributed by atoms with E-state index in [4.69, 9.17) is 5.73 Å². The molecule has 1 aromatic rings. The predicted molar refractivity (Wildman–Crippen MR) is 90.5 cm³/mol. The van der Waals surface area contributed by atoms with Crippen LogP contribution in [-0.4, -0.2) is 35.3 Å². The van der Waals surface area contributed by atoms with E-state index in [1.54, 1.807) is 0 Å². The average Bonchev–Trinajstić information content (AvgIpc) is 2.46. The minimum atomic E-state index is -0.593. The molecule has 0 aliphatic carbocycles. The maximum absolute atomic E-state index is 12.5. The molecule has 0 spiro atoms. The van der Waals surface area contributed by atoms with Crippen LogP contribution in [0.5, 0.6) is 0 Å². The highest BCUT2D eigenvalue weighted by molar-refractivity contribution is 5.81. The number of rotatable bonds is 6. The standard InChI is InChI=1S/C18H27N3O2/c1-18(2,11-16(19)22)20-17(23)15-9-6-10-21(13-15)12-14-7-4-3-5-8-14/h3-5,7-8,15H,6,9-13H2,1-2H3,(H2,19,22)(H,20,23). The Morgan fingerprint density at radius 2 is 2.00 bits per heavy atom. The fraction of sp³-hybridized carbons (Fsp3) is 0.556. The fourth-order valence-corrected chi connectivity index (χ4v) is 3.17. The Labute approximate surface area is 138 Å². The van der Waals surface area contributed by atoms with Crippen LogP contribution in [0.25, 0.3) is 0 Å². The maximum Gasteiger partial charge on any atom is 0.224 e. The number of likely N-dealkylation sites (tertiary alicyclic amines) is 1. The van der Waals surface area contributed by atoms with E-state index in [9.17, 15) is 9.59 Å². The SMILES string of the molecule is CC(C)(CC(N)=O)NC(=O)C1CCCN(Cc2ccccc2)C1. The first-order valence-corrected chi connectivity index (χ1v) is 8.22. The lowest BCUT2D eigenvalue weighted by Crippen LogP contribution is -2.51. The molecule has 126 valence electrons. The van der Waals surface area contributed by atoms with Crippen LogP contribution in [0.15, 0.2) is 30.3 Å². The number of primary amides is 1. The van der Waals surface area contributed by atoms with Crippen molar-refractivity contribution in [2.45, 2.75) is 45.2 Å². The van der Waals surface area contributed by atoms with Gasteiger partial charge in [0.05, 0.1) is 5.92 Å². The molecule has 1 aromatic carbocycles. The Morgan fingerprint density at radius 1 is 1.30 bits per heavy atom. The predicted octanol–water partition coefficient (Wildman–Crippen LogP) is 1.67. The van der Waals surface area contributed by atoms with E-state index in [1.165, 1.54) is 5.56 Å². The molecule has 23 heavy (non-hydrogen) atoms. The third-order valence-electron chi connectivity index (χ3n) is 4.20. The third kappa shape index (κ3) is 5.67. The second kappa shape index (κ2) is 7.59. The van der Waals surface area contributed by atoms with Crippen LogP contribution < -0.4 is 11.1 Å². The number of carbonyl (C=O) groups is 2. The Morgan fingerprint density at radius 3 is 2.65 bits per heavy atom. The topological polar surface area (TPSA) is 75.4 Å². The van der Waals surface area contributed by atoms with Crippen LogP contribution in [0.2, 0.25) is 0 Å². The van der Waals surface area contributed by atoms with E-state index in [-0.39, 0.29) is 18.2 Å². The Balaban J connectivity index is 1.90. The molecule has 0 bridgehead atoms. The summed E-state index contributed by atoms with van der Waals surface area (Å²) < 4.78 is 0. The Bertz CT molecular complexity index is 542. The smallest absolute Gasteiger partial charge is 0.224 e. The molecule has 1 saturated heterocycles. The van der Waals surface area contributed by atoms with Gasteiger partial charge in [-0.2, -0.15) is 0 Å². The van der Waals surface area contributed by atoms with Gasteiger partial charge in [-0.05, 0) is 38.8 Å². The van der Waals surface area contributed by atoms with Crippen molar-refractivity contribution in [2.24, 2.45) is 11.7 Å². The number of amides is 2. The lowest BCUT2D eigenvalue weighted by atomic mass is 9.93. The van der Waals surface area contributed by atoms with Crippen molar-refractivity contribution in [3.05, 3.63) is 35.9 Å². The summed E-state index contributed by atoms with van der Waals surface area (Å²) in [4.78, 5) is 25.9. The van der Waals surface area contributed by atoms with Gasteiger partial charge in [-0.25, -0.2) is 0 Å². The monoisotopic (exact) mass is 317 g/mol. The summed E-state index contributed by atoms with van der Waals surface area (Å²) in [6.45, 7) is 6.31. The number of nitrogens with two attached hydrogens (primary N) is 1. The molecule has 0 saturated carbocycles. The van der Waals surface area contributed by atoms with Crippen molar-refractivity contribution in [2.75, 3.05) is 13.1 Å². The Hall–Kier alpha value is -1.88. The van der Waals surface area contributed by atoms with Gasteiger partial charge < -0.3 is 11.1 Å². The van der Waals surface area contributed by atoms with Crippen molar-refractivity contribution >= 4 is 11.8 Å². The Kier molecular flexibility index (Phi) is 5.77. The molecule has 5 nitrogen and oxygen atoms in total. The first-order chi connectivity index (χ1) is 10.9. The molecular weight excluding hydrogens is 290 g/mol. The number of carbonyl (C=O) groups excluding carboxylic acids is 2. The van der Waals surface area contributed by atoms with Crippen LogP contribution in [0.3, 0.4) is 0 Å². The lowest BCUT2D eigenvalue weighted by molar-refractivity contribution is -0.129. The number of piperidine rings is 1. The second-order valence-electron chi connectivity index (χ2n) is 7.08.